The molecule has 0 heterocycles. The Balaban J connectivity index is 0.000000921. The lowest BCUT2D eigenvalue weighted by Gasteiger charge is -2.11. The fourth-order valence-electron chi connectivity index (χ4n) is 1.40. The van der Waals surface area contributed by atoms with Crippen molar-refractivity contribution < 1.29 is 0 Å². The van der Waals surface area contributed by atoms with Gasteiger partial charge in [0, 0.05) is 24.0 Å². The molecule has 84 valence electrons. The van der Waals surface area contributed by atoms with Crippen molar-refractivity contribution in [3.05, 3.63) is 35.4 Å². The number of hydrogen-bond acceptors (Lipinski definition) is 2. The number of hydrogen-bond donors (Lipinski definition) is 2. The molecule has 0 amide bonds. The Morgan fingerprint density at radius 1 is 1.33 bits per heavy atom. The number of allylic oxidation sites excluding steroid dienone is 1. The molecule has 0 unspecified atom stereocenters. The van der Waals surface area contributed by atoms with Crippen LogP contribution in [0.5, 0.6) is 0 Å². The van der Waals surface area contributed by atoms with Crippen molar-refractivity contribution in [1.29, 1.82) is 0 Å². The van der Waals surface area contributed by atoms with Crippen molar-refractivity contribution in [3.8, 4) is 0 Å². The minimum Gasteiger partial charge on any atom is -0.398 e. The first-order chi connectivity index (χ1) is 7.20. The van der Waals surface area contributed by atoms with Crippen LogP contribution < -0.4 is 11.1 Å². The van der Waals surface area contributed by atoms with Crippen LogP contribution in [0.2, 0.25) is 0 Å². The maximum atomic E-state index is 5.89. The first-order valence-corrected chi connectivity index (χ1v) is 5.40. The first kappa shape index (κ1) is 13.6. The van der Waals surface area contributed by atoms with E-state index in [1.807, 2.05) is 46.0 Å². The first-order valence-electron chi connectivity index (χ1n) is 5.40. The lowest BCUT2D eigenvalue weighted by Crippen LogP contribution is -2.03. The number of rotatable bonds is 2. The number of anilines is 1. The van der Waals surface area contributed by atoms with E-state index in [4.69, 9.17) is 5.73 Å². The summed E-state index contributed by atoms with van der Waals surface area (Å²) in [5, 5.41) is 3.13. The Bertz CT molecular complexity index is 327. The summed E-state index contributed by atoms with van der Waals surface area (Å²) in [6.45, 7) is 8.01. The molecule has 0 aromatic heterocycles. The Kier molecular flexibility index (Phi) is 6.27. The van der Waals surface area contributed by atoms with E-state index in [0.717, 1.165) is 16.9 Å². The van der Waals surface area contributed by atoms with E-state index in [9.17, 15) is 0 Å². The molecular formula is C13H22N2. The van der Waals surface area contributed by atoms with E-state index in [1.165, 1.54) is 5.56 Å². The van der Waals surface area contributed by atoms with Crippen LogP contribution >= 0.6 is 0 Å². The summed E-state index contributed by atoms with van der Waals surface area (Å²) in [7, 11) is 1.90. The highest BCUT2D eigenvalue weighted by Gasteiger charge is 2.05. The molecule has 0 saturated carbocycles. The minimum atomic E-state index is 0.822. The summed E-state index contributed by atoms with van der Waals surface area (Å²) >= 11 is 0. The summed E-state index contributed by atoms with van der Waals surface area (Å²) in [5.41, 5.74) is 10.1. The second-order valence-electron chi connectivity index (χ2n) is 2.99. The van der Waals surface area contributed by atoms with Crippen molar-refractivity contribution in [2.24, 2.45) is 5.73 Å². The van der Waals surface area contributed by atoms with Crippen molar-refractivity contribution in [1.82, 2.24) is 0 Å². The van der Waals surface area contributed by atoms with Gasteiger partial charge in [0.25, 0.3) is 0 Å². The molecular weight excluding hydrogens is 184 g/mol. The van der Waals surface area contributed by atoms with Gasteiger partial charge >= 0.3 is 0 Å². The molecule has 1 rings (SSSR count). The van der Waals surface area contributed by atoms with E-state index in [0.29, 0.717) is 0 Å². The van der Waals surface area contributed by atoms with Gasteiger partial charge in [0.15, 0.2) is 0 Å². The number of nitrogens with one attached hydrogen (secondary N) is 1. The van der Waals surface area contributed by atoms with Crippen molar-refractivity contribution in [3.63, 3.8) is 0 Å². The third kappa shape index (κ3) is 3.31. The fraction of sp³-hybridized carbons (Fsp3) is 0.385. The second kappa shape index (κ2) is 6.93. The Morgan fingerprint density at radius 2 is 1.93 bits per heavy atom. The van der Waals surface area contributed by atoms with Crippen LogP contribution in [0.1, 0.15) is 31.9 Å². The third-order valence-corrected chi connectivity index (χ3v) is 2.14. The molecule has 0 bridgehead atoms. The van der Waals surface area contributed by atoms with Gasteiger partial charge in [-0.25, -0.2) is 0 Å². The van der Waals surface area contributed by atoms with Gasteiger partial charge in [-0.2, -0.15) is 0 Å². The van der Waals surface area contributed by atoms with E-state index in [2.05, 4.69) is 18.3 Å². The highest BCUT2D eigenvalue weighted by atomic mass is 14.8. The second-order valence-corrected chi connectivity index (χ2v) is 2.99. The molecule has 15 heavy (non-hydrogen) atoms. The van der Waals surface area contributed by atoms with Gasteiger partial charge in [0.1, 0.15) is 0 Å². The molecule has 0 aliphatic heterocycles. The van der Waals surface area contributed by atoms with Crippen LogP contribution in [0.25, 0.3) is 5.70 Å². The molecule has 1 aromatic rings. The Labute approximate surface area is 93.2 Å². The van der Waals surface area contributed by atoms with Crippen LogP contribution in [-0.4, -0.2) is 7.05 Å². The summed E-state index contributed by atoms with van der Waals surface area (Å²) in [4.78, 5) is 0. The molecule has 2 heteroatoms. The number of nitrogens with two attached hydrogens (primary N) is 1. The molecule has 0 aliphatic carbocycles. The Hall–Kier alpha value is -1.44. The molecule has 0 radical (unpaired) electrons. The van der Waals surface area contributed by atoms with Crippen LogP contribution in [-0.2, 0) is 0 Å². The summed E-state index contributed by atoms with van der Waals surface area (Å²) in [5.74, 6) is 0. The molecule has 0 fully saturated rings. The molecule has 0 saturated heterocycles. The largest absolute Gasteiger partial charge is 0.398 e. The summed E-state index contributed by atoms with van der Waals surface area (Å²) in [6.07, 6.45) is 1.92. The van der Waals surface area contributed by atoms with Gasteiger partial charge in [-0.05, 0) is 25.5 Å². The average molecular weight is 206 g/mol. The highest BCUT2D eigenvalue weighted by Crippen LogP contribution is 2.23. The molecule has 0 spiro atoms. The summed E-state index contributed by atoms with van der Waals surface area (Å²) in [6, 6.07) is 6.11. The zero-order chi connectivity index (χ0) is 11.8. The zero-order valence-corrected chi connectivity index (χ0v) is 10.4. The minimum absolute atomic E-state index is 0.822. The van der Waals surface area contributed by atoms with Gasteiger partial charge in [0.2, 0.25) is 0 Å². The molecule has 0 atom stereocenters. The maximum absolute atomic E-state index is 5.89. The smallest absolute Gasteiger partial charge is 0.0434 e. The van der Waals surface area contributed by atoms with Gasteiger partial charge < -0.3 is 11.1 Å². The third-order valence-electron chi connectivity index (χ3n) is 2.14. The zero-order valence-electron chi connectivity index (χ0n) is 10.4. The van der Waals surface area contributed by atoms with Crippen molar-refractivity contribution in [2.45, 2.75) is 27.7 Å². The van der Waals surface area contributed by atoms with Crippen LogP contribution in [0, 0.1) is 6.92 Å². The lowest BCUT2D eigenvalue weighted by atomic mass is 10.0. The lowest BCUT2D eigenvalue weighted by molar-refractivity contribution is 1.36. The summed E-state index contributed by atoms with van der Waals surface area (Å²) < 4.78 is 0. The highest BCUT2D eigenvalue weighted by molar-refractivity contribution is 5.76. The van der Waals surface area contributed by atoms with Crippen molar-refractivity contribution >= 4 is 11.4 Å². The maximum Gasteiger partial charge on any atom is 0.0434 e. The normalized spacial score (nSPS) is 10.3. The predicted molar refractivity (Wildman–Crippen MR) is 69.9 cm³/mol. The predicted octanol–water partition coefficient (Wildman–Crippen LogP) is 3.38. The van der Waals surface area contributed by atoms with E-state index in [1.54, 1.807) is 0 Å². The average Bonchev–Trinajstić information content (AvgIpc) is 2.30. The topological polar surface area (TPSA) is 38.0 Å². The van der Waals surface area contributed by atoms with Gasteiger partial charge in [0.05, 0.1) is 0 Å². The van der Waals surface area contributed by atoms with E-state index >= 15 is 0 Å². The van der Waals surface area contributed by atoms with Crippen molar-refractivity contribution in [2.75, 3.05) is 12.4 Å². The van der Waals surface area contributed by atoms with Crippen LogP contribution in [0.4, 0.5) is 5.69 Å². The van der Waals surface area contributed by atoms with E-state index in [-0.39, 0.29) is 0 Å². The van der Waals surface area contributed by atoms with Crippen LogP contribution in [0.15, 0.2) is 24.3 Å². The van der Waals surface area contributed by atoms with E-state index < -0.39 is 0 Å². The number of benzene rings is 1. The van der Waals surface area contributed by atoms with Gasteiger partial charge in [-0.1, -0.05) is 32.1 Å². The monoisotopic (exact) mass is 206 g/mol. The Morgan fingerprint density at radius 3 is 2.40 bits per heavy atom. The quantitative estimate of drug-likeness (QED) is 0.778. The fourth-order valence-corrected chi connectivity index (χ4v) is 1.40. The molecule has 3 N–H and O–H groups in total. The standard InChI is InChI=1S/C11H16N2.C2H6/c1-4-9(12)11-8(2)6-5-7-10(11)13-3;1-2/h4-7,13H,12H2,1-3H3;1-2H3/b9-4+;. The van der Waals surface area contributed by atoms with Gasteiger partial charge in [-0.15, -0.1) is 0 Å². The van der Waals surface area contributed by atoms with Gasteiger partial charge in [-0.3, -0.25) is 0 Å². The SMILES string of the molecule is C/C=C(/N)c1c(C)cccc1NC.CC. The number of aryl methyl sites for hydroxylation is 1. The van der Waals surface area contributed by atoms with Crippen LogP contribution in [0.3, 0.4) is 0 Å². The molecule has 1 aromatic carbocycles. The molecule has 2 nitrogen and oxygen atoms in total. The molecule has 0 aliphatic rings.